The van der Waals surface area contributed by atoms with Crippen molar-refractivity contribution >= 4 is 52.1 Å². The molecule has 0 saturated carbocycles. The van der Waals surface area contributed by atoms with Gasteiger partial charge in [0.05, 0.1) is 0 Å². The van der Waals surface area contributed by atoms with Crippen LogP contribution in [0.4, 0.5) is 11.4 Å². The number of rotatable bonds is 0. The van der Waals surface area contributed by atoms with Gasteiger partial charge in [-0.3, -0.25) is 0 Å². The molecular weight excluding hydrogens is 396 g/mol. The van der Waals surface area contributed by atoms with Gasteiger partial charge in [-0.05, 0) is 51.6 Å². The predicted molar refractivity (Wildman–Crippen MR) is 140 cm³/mol. The van der Waals surface area contributed by atoms with Crippen molar-refractivity contribution in [1.82, 2.24) is 0 Å². The van der Waals surface area contributed by atoms with Gasteiger partial charge in [0.1, 0.15) is 0 Å². The maximum absolute atomic E-state index is 2.62. The summed E-state index contributed by atoms with van der Waals surface area (Å²) in [6.07, 6.45) is 5.92. The van der Waals surface area contributed by atoms with Crippen molar-refractivity contribution in [2.45, 2.75) is 12.3 Å². The first kappa shape index (κ1) is 16.9. The number of para-hydroxylation sites is 1. The lowest BCUT2D eigenvalue weighted by atomic mass is 9.32. The number of hydrogen-bond acceptors (Lipinski definition) is 1. The molecule has 4 aliphatic heterocycles. The summed E-state index contributed by atoms with van der Waals surface area (Å²) in [6.45, 7) is 0.694. The summed E-state index contributed by atoms with van der Waals surface area (Å²) in [5.74, 6) is 0.495. The summed E-state index contributed by atoms with van der Waals surface area (Å²) in [5.41, 5.74) is 17.5. The molecule has 0 spiro atoms. The molecule has 3 heteroatoms. The van der Waals surface area contributed by atoms with Crippen molar-refractivity contribution in [3.8, 4) is 11.1 Å². The zero-order valence-electron chi connectivity index (χ0n) is 18.1. The molecule has 1 aliphatic carbocycles. The highest BCUT2D eigenvalue weighted by Gasteiger charge is 2.51. The van der Waals surface area contributed by atoms with Gasteiger partial charge in [0.25, 0.3) is 0 Å². The molecule has 1 atom stereocenters. The van der Waals surface area contributed by atoms with E-state index in [1.165, 1.54) is 61.1 Å². The lowest BCUT2D eigenvalue weighted by Crippen LogP contribution is -2.60. The molecule has 150 valence electrons. The third-order valence-corrected chi connectivity index (χ3v) is 8.67. The van der Waals surface area contributed by atoms with Crippen LogP contribution in [0.25, 0.3) is 11.1 Å². The van der Waals surface area contributed by atoms with Crippen molar-refractivity contribution in [1.29, 1.82) is 0 Å². The Kier molecular flexibility index (Phi) is 2.87. The molecule has 0 amide bonds. The van der Waals surface area contributed by atoms with E-state index >= 15 is 0 Å². The van der Waals surface area contributed by atoms with Crippen LogP contribution in [0.15, 0.2) is 108 Å². The second kappa shape index (κ2) is 5.61. The third-order valence-electron chi connectivity index (χ3n) is 8.67. The van der Waals surface area contributed by atoms with Gasteiger partial charge in [0.2, 0.25) is 13.4 Å². The Morgan fingerprint density at radius 3 is 2.33 bits per heavy atom. The first-order chi connectivity index (χ1) is 16.4. The highest BCUT2D eigenvalue weighted by Crippen LogP contribution is 2.48. The molecule has 1 nitrogen and oxygen atoms in total. The second-order valence-electron chi connectivity index (χ2n) is 9.97. The molecule has 0 fully saturated rings. The number of benzene rings is 4. The third kappa shape index (κ3) is 1.80. The summed E-state index contributed by atoms with van der Waals surface area (Å²) in [7, 11) is 0. The summed E-state index contributed by atoms with van der Waals surface area (Å²) < 4.78 is 0. The number of fused-ring (bicyclic) bond motifs is 10. The van der Waals surface area contributed by atoms with Crippen molar-refractivity contribution in [2.24, 2.45) is 0 Å². The zero-order chi connectivity index (χ0) is 21.3. The van der Waals surface area contributed by atoms with Gasteiger partial charge in [-0.25, -0.2) is 0 Å². The average molecular weight is 415 g/mol. The Bertz CT molecular complexity index is 1630. The van der Waals surface area contributed by atoms with Crippen LogP contribution < -0.4 is 32.2 Å². The summed E-state index contributed by atoms with van der Waals surface area (Å²) in [5, 5.41) is 0. The molecule has 1 unspecified atom stereocenters. The topological polar surface area (TPSA) is 3.24 Å². The van der Waals surface area contributed by atoms with Gasteiger partial charge in [-0.15, -0.1) is 0 Å². The van der Waals surface area contributed by atoms with E-state index < -0.39 is 0 Å². The van der Waals surface area contributed by atoms with E-state index in [9.17, 15) is 0 Å². The minimum Gasteiger partial charge on any atom is -0.313 e. The molecule has 4 heterocycles. The van der Waals surface area contributed by atoms with E-state index in [1.807, 2.05) is 0 Å². The number of anilines is 2. The lowest BCUT2D eigenvalue weighted by Gasteiger charge is -2.44. The molecule has 4 aromatic rings. The van der Waals surface area contributed by atoms with E-state index in [0.717, 1.165) is 6.42 Å². The Hall–Kier alpha value is -3.71. The van der Waals surface area contributed by atoms with Crippen LogP contribution in [-0.4, -0.2) is 13.4 Å². The quantitative estimate of drug-likeness (QED) is 0.352. The minimum absolute atomic E-state index is 0.320. The number of hydrogen-bond donors (Lipinski definition) is 0. The van der Waals surface area contributed by atoms with Crippen molar-refractivity contribution in [2.75, 3.05) is 4.90 Å². The van der Waals surface area contributed by atoms with Crippen molar-refractivity contribution in [3.05, 3.63) is 114 Å². The molecule has 5 aliphatic rings. The Labute approximate surface area is 194 Å². The van der Waals surface area contributed by atoms with Crippen LogP contribution in [0.2, 0.25) is 0 Å². The fourth-order valence-electron chi connectivity index (χ4n) is 7.59. The van der Waals surface area contributed by atoms with Gasteiger partial charge in [-0.1, -0.05) is 101 Å². The number of nitrogens with zero attached hydrogens (tertiary/aromatic N) is 1. The molecule has 4 aromatic carbocycles. The molecule has 33 heavy (non-hydrogen) atoms. The second-order valence-corrected chi connectivity index (χ2v) is 9.97. The fraction of sp³-hybridized carbons (Fsp3) is 0.0667. The van der Waals surface area contributed by atoms with Crippen LogP contribution >= 0.6 is 0 Å². The molecule has 0 bridgehead atoms. The zero-order valence-corrected chi connectivity index (χ0v) is 18.1. The molecule has 0 N–H and O–H groups in total. The van der Waals surface area contributed by atoms with Crippen molar-refractivity contribution < 1.29 is 0 Å². The van der Waals surface area contributed by atoms with Gasteiger partial charge in [-0.2, -0.15) is 0 Å². The summed E-state index contributed by atoms with van der Waals surface area (Å²) in [6, 6.07) is 32.2. The molecule has 9 rings (SSSR count). The van der Waals surface area contributed by atoms with Crippen LogP contribution in [0.1, 0.15) is 17.9 Å². The van der Waals surface area contributed by atoms with Crippen LogP contribution in [0.3, 0.4) is 0 Å². The van der Waals surface area contributed by atoms with Gasteiger partial charge in [0.15, 0.2) is 0 Å². The standard InChI is InChI=1S/C30H19B2N/c1-3-12-22-18(8-1)20-10-5-16-26-28(20)31(22)24-14-7-15-25-30(24)33(26)27-17-6-11-21-19-9-2-4-13-23(19)32(25)29(21)27/h1-10,12-17,21H,11H2. The normalized spacial score (nSPS) is 19.3. The first-order valence-electron chi connectivity index (χ1n) is 12.1. The van der Waals surface area contributed by atoms with Crippen LogP contribution in [0, 0.1) is 0 Å². The first-order valence-corrected chi connectivity index (χ1v) is 12.1. The fourth-order valence-corrected chi connectivity index (χ4v) is 7.59. The Balaban J connectivity index is 1.44. The van der Waals surface area contributed by atoms with E-state index in [2.05, 4.69) is 102 Å². The summed E-state index contributed by atoms with van der Waals surface area (Å²) >= 11 is 0. The molecule has 0 radical (unpaired) electrons. The minimum atomic E-state index is 0.320. The van der Waals surface area contributed by atoms with Crippen LogP contribution in [0.5, 0.6) is 0 Å². The largest absolute Gasteiger partial charge is 0.313 e. The van der Waals surface area contributed by atoms with E-state index in [0.29, 0.717) is 19.3 Å². The van der Waals surface area contributed by atoms with Gasteiger partial charge >= 0.3 is 0 Å². The Morgan fingerprint density at radius 2 is 1.39 bits per heavy atom. The maximum Gasteiger partial charge on any atom is 0.248 e. The lowest BCUT2D eigenvalue weighted by molar-refractivity contribution is 0.832. The maximum atomic E-state index is 2.62. The van der Waals surface area contributed by atoms with E-state index in [-0.39, 0.29) is 0 Å². The predicted octanol–water partition coefficient (Wildman–Crippen LogP) is 3.11. The van der Waals surface area contributed by atoms with E-state index in [4.69, 9.17) is 0 Å². The van der Waals surface area contributed by atoms with E-state index in [1.54, 1.807) is 5.47 Å². The highest BCUT2D eigenvalue weighted by atomic mass is 15.2. The number of allylic oxidation sites excluding steroid dienone is 3. The smallest absolute Gasteiger partial charge is 0.248 e. The molecule has 0 saturated heterocycles. The monoisotopic (exact) mass is 415 g/mol. The molecular formula is C30H19B2N. The SMILES string of the molecule is C1=CC2=C3B(c4ccccc4C3C1)c1cccc3c1N2c1cccc2c1B3c1ccccc1-2. The van der Waals surface area contributed by atoms with Gasteiger partial charge in [0, 0.05) is 23.0 Å². The Morgan fingerprint density at radius 1 is 0.667 bits per heavy atom. The average Bonchev–Trinajstić information content (AvgIpc) is 3.39. The molecule has 0 aromatic heterocycles. The highest BCUT2D eigenvalue weighted by molar-refractivity contribution is 7.03. The summed E-state index contributed by atoms with van der Waals surface area (Å²) in [4.78, 5) is 2.62. The van der Waals surface area contributed by atoms with Gasteiger partial charge < -0.3 is 4.90 Å². The van der Waals surface area contributed by atoms with Crippen molar-refractivity contribution in [3.63, 3.8) is 0 Å². The van der Waals surface area contributed by atoms with Crippen LogP contribution in [-0.2, 0) is 0 Å².